The van der Waals surface area contributed by atoms with E-state index in [-0.39, 0.29) is 5.92 Å². The minimum absolute atomic E-state index is 0.195. The SMILES string of the molecule is CCC(C)CC(CC)C(C)C(=O)O. The smallest absolute Gasteiger partial charge is 0.306 e. The molecule has 0 saturated carbocycles. The number of hydrogen-bond acceptors (Lipinski definition) is 1. The van der Waals surface area contributed by atoms with Gasteiger partial charge in [0, 0.05) is 0 Å². The monoisotopic (exact) mass is 186 g/mol. The average molecular weight is 186 g/mol. The minimum atomic E-state index is -0.657. The van der Waals surface area contributed by atoms with Crippen molar-refractivity contribution in [3.8, 4) is 0 Å². The van der Waals surface area contributed by atoms with Gasteiger partial charge >= 0.3 is 5.97 Å². The first-order valence-electron chi connectivity index (χ1n) is 5.25. The van der Waals surface area contributed by atoms with E-state index in [2.05, 4.69) is 20.8 Å². The molecule has 0 aliphatic rings. The van der Waals surface area contributed by atoms with E-state index in [4.69, 9.17) is 5.11 Å². The Labute approximate surface area is 81.3 Å². The molecule has 0 fully saturated rings. The zero-order chi connectivity index (χ0) is 10.4. The highest BCUT2D eigenvalue weighted by Crippen LogP contribution is 2.25. The summed E-state index contributed by atoms with van der Waals surface area (Å²) in [6, 6.07) is 0. The lowest BCUT2D eigenvalue weighted by Crippen LogP contribution is -2.21. The van der Waals surface area contributed by atoms with E-state index >= 15 is 0 Å². The maximum atomic E-state index is 10.8. The molecule has 0 aliphatic carbocycles. The summed E-state index contributed by atoms with van der Waals surface area (Å²) in [6.45, 7) is 8.24. The molecule has 2 heteroatoms. The van der Waals surface area contributed by atoms with Crippen molar-refractivity contribution in [2.24, 2.45) is 17.8 Å². The van der Waals surface area contributed by atoms with E-state index in [1.54, 1.807) is 0 Å². The van der Waals surface area contributed by atoms with Crippen molar-refractivity contribution >= 4 is 5.97 Å². The van der Waals surface area contributed by atoms with Gasteiger partial charge in [0.2, 0.25) is 0 Å². The molecule has 0 bridgehead atoms. The second-order valence-corrected chi connectivity index (χ2v) is 4.04. The highest BCUT2D eigenvalue weighted by Gasteiger charge is 2.22. The summed E-state index contributed by atoms with van der Waals surface area (Å²) in [6.07, 6.45) is 3.15. The Morgan fingerprint density at radius 1 is 1.23 bits per heavy atom. The summed E-state index contributed by atoms with van der Waals surface area (Å²) in [5, 5.41) is 8.87. The predicted molar refractivity (Wildman–Crippen MR) is 54.7 cm³/mol. The van der Waals surface area contributed by atoms with Crippen molar-refractivity contribution in [3.05, 3.63) is 0 Å². The van der Waals surface area contributed by atoms with Gasteiger partial charge in [-0.3, -0.25) is 4.79 Å². The summed E-state index contributed by atoms with van der Waals surface area (Å²) in [7, 11) is 0. The van der Waals surface area contributed by atoms with Crippen molar-refractivity contribution in [1.29, 1.82) is 0 Å². The van der Waals surface area contributed by atoms with Gasteiger partial charge < -0.3 is 5.11 Å². The van der Waals surface area contributed by atoms with Gasteiger partial charge in [0.05, 0.1) is 5.92 Å². The van der Waals surface area contributed by atoms with Gasteiger partial charge in [-0.1, -0.05) is 40.5 Å². The predicted octanol–water partition coefficient (Wildman–Crippen LogP) is 3.17. The summed E-state index contributed by atoms with van der Waals surface area (Å²) in [5.41, 5.74) is 0. The van der Waals surface area contributed by atoms with Crippen molar-refractivity contribution in [2.45, 2.75) is 47.0 Å². The lowest BCUT2D eigenvalue weighted by molar-refractivity contribution is -0.143. The second-order valence-electron chi connectivity index (χ2n) is 4.04. The summed E-state index contributed by atoms with van der Waals surface area (Å²) < 4.78 is 0. The van der Waals surface area contributed by atoms with Gasteiger partial charge in [0.1, 0.15) is 0 Å². The molecule has 0 aromatic carbocycles. The molecule has 0 rings (SSSR count). The van der Waals surface area contributed by atoms with Crippen molar-refractivity contribution in [1.82, 2.24) is 0 Å². The maximum absolute atomic E-state index is 10.8. The Hall–Kier alpha value is -0.530. The Bertz CT molecular complexity index is 154. The van der Waals surface area contributed by atoms with Crippen molar-refractivity contribution in [3.63, 3.8) is 0 Å². The molecule has 13 heavy (non-hydrogen) atoms. The van der Waals surface area contributed by atoms with Crippen LogP contribution in [0, 0.1) is 17.8 Å². The molecule has 3 atom stereocenters. The van der Waals surface area contributed by atoms with E-state index < -0.39 is 5.97 Å². The molecule has 0 aromatic rings. The van der Waals surface area contributed by atoms with E-state index in [9.17, 15) is 4.79 Å². The van der Waals surface area contributed by atoms with Crippen LogP contribution >= 0.6 is 0 Å². The van der Waals surface area contributed by atoms with Crippen LogP contribution in [0.25, 0.3) is 0 Å². The molecule has 2 nitrogen and oxygen atoms in total. The van der Waals surface area contributed by atoms with Crippen LogP contribution in [0.2, 0.25) is 0 Å². The maximum Gasteiger partial charge on any atom is 0.306 e. The Kier molecular flexibility index (Phi) is 5.76. The van der Waals surface area contributed by atoms with Crippen LogP contribution in [0.4, 0.5) is 0 Å². The fourth-order valence-electron chi connectivity index (χ4n) is 1.61. The third kappa shape index (κ3) is 4.30. The first kappa shape index (κ1) is 12.5. The van der Waals surface area contributed by atoms with Crippen LogP contribution in [0.5, 0.6) is 0 Å². The number of rotatable bonds is 6. The molecular formula is C11H22O2. The summed E-state index contributed by atoms with van der Waals surface area (Å²) in [5.74, 6) is 0.133. The standard InChI is InChI=1S/C11H22O2/c1-5-8(3)7-10(6-2)9(4)11(12)13/h8-10H,5-7H2,1-4H3,(H,12,13). The Balaban J connectivity index is 4.09. The van der Waals surface area contributed by atoms with Crippen LogP contribution in [0.15, 0.2) is 0 Å². The Morgan fingerprint density at radius 3 is 2.08 bits per heavy atom. The molecular weight excluding hydrogens is 164 g/mol. The molecule has 0 saturated heterocycles. The van der Waals surface area contributed by atoms with Gasteiger partial charge in [0.25, 0.3) is 0 Å². The number of carboxylic acid groups (broad SMARTS) is 1. The quantitative estimate of drug-likeness (QED) is 0.691. The van der Waals surface area contributed by atoms with Crippen LogP contribution in [-0.2, 0) is 4.79 Å². The Morgan fingerprint density at radius 2 is 1.77 bits per heavy atom. The normalized spacial score (nSPS) is 17.8. The fourth-order valence-corrected chi connectivity index (χ4v) is 1.61. The van der Waals surface area contributed by atoms with E-state index in [0.29, 0.717) is 11.8 Å². The molecule has 0 heterocycles. The van der Waals surface area contributed by atoms with Crippen LogP contribution in [0.1, 0.15) is 47.0 Å². The number of hydrogen-bond donors (Lipinski definition) is 1. The number of carboxylic acids is 1. The van der Waals surface area contributed by atoms with E-state index in [1.807, 2.05) is 6.92 Å². The van der Waals surface area contributed by atoms with Gasteiger partial charge in [-0.25, -0.2) is 0 Å². The highest BCUT2D eigenvalue weighted by atomic mass is 16.4. The molecule has 0 aromatic heterocycles. The minimum Gasteiger partial charge on any atom is -0.481 e. The largest absolute Gasteiger partial charge is 0.481 e. The lowest BCUT2D eigenvalue weighted by atomic mass is 9.83. The molecule has 0 aliphatic heterocycles. The molecule has 0 amide bonds. The zero-order valence-corrected chi connectivity index (χ0v) is 9.21. The summed E-state index contributed by atoms with van der Waals surface area (Å²) in [4.78, 5) is 10.8. The van der Waals surface area contributed by atoms with Gasteiger partial charge in [-0.05, 0) is 18.3 Å². The number of carbonyl (C=O) groups is 1. The van der Waals surface area contributed by atoms with Gasteiger partial charge in [-0.2, -0.15) is 0 Å². The fraction of sp³-hybridized carbons (Fsp3) is 0.909. The van der Waals surface area contributed by atoms with E-state index in [1.165, 1.54) is 0 Å². The lowest BCUT2D eigenvalue weighted by Gasteiger charge is -2.22. The van der Waals surface area contributed by atoms with Gasteiger partial charge in [-0.15, -0.1) is 0 Å². The third-order valence-corrected chi connectivity index (χ3v) is 3.02. The third-order valence-electron chi connectivity index (χ3n) is 3.02. The van der Waals surface area contributed by atoms with Crippen LogP contribution < -0.4 is 0 Å². The zero-order valence-electron chi connectivity index (χ0n) is 9.21. The number of aliphatic carboxylic acids is 1. The molecule has 3 unspecified atom stereocenters. The molecule has 0 radical (unpaired) electrons. The van der Waals surface area contributed by atoms with Gasteiger partial charge in [0.15, 0.2) is 0 Å². The molecule has 1 N–H and O–H groups in total. The molecule has 0 spiro atoms. The highest BCUT2D eigenvalue weighted by molar-refractivity contribution is 5.69. The first-order valence-corrected chi connectivity index (χ1v) is 5.25. The first-order chi connectivity index (χ1) is 6.02. The average Bonchev–Trinajstić information content (AvgIpc) is 2.12. The van der Waals surface area contributed by atoms with Crippen molar-refractivity contribution in [2.75, 3.05) is 0 Å². The second kappa shape index (κ2) is 6.01. The summed E-state index contributed by atoms with van der Waals surface area (Å²) >= 11 is 0. The van der Waals surface area contributed by atoms with Crippen LogP contribution in [-0.4, -0.2) is 11.1 Å². The van der Waals surface area contributed by atoms with Crippen molar-refractivity contribution < 1.29 is 9.90 Å². The molecule has 78 valence electrons. The van der Waals surface area contributed by atoms with E-state index in [0.717, 1.165) is 19.3 Å². The van der Waals surface area contributed by atoms with Crippen LogP contribution in [0.3, 0.4) is 0 Å². The topological polar surface area (TPSA) is 37.3 Å².